The highest BCUT2D eigenvalue weighted by molar-refractivity contribution is 5.89. The largest absolute Gasteiger partial charge is 0.504 e. The first-order valence-electron chi connectivity index (χ1n) is 7.95. The summed E-state index contributed by atoms with van der Waals surface area (Å²) in [4.78, 5) is 11.4. The van der Waals surface area contributed by atoms with Gasteiger partial charge in [0.1, 0.15) is 0 Å². The maximum Gasteiger partial charge on any atom is 0.337 e. The van der Waals surface area contributed by atoms with E-state index in [1.54, 1.807) is 24.3 Å². The van der Waals surface area contributed by atoms with E-state index in [2.05, 4.69) is 10.8 Å². The first kappa shape index (κ1) is 18.3. The van der Waals surface area contributed by atoms with Crippen LogP contribution in [0.2, 0.25) is 0 Å². The van der Waals surface area contributed by atoms with Crippen molar-refractivity contribution in [1.29, 1.82) is 0 Å². The molecule has 130 valence electrons. The van der Waals surface area contributed by atoms with Crippen molar-refractivity contribution in [3.63, 3.8) is 0 Å². The average molecular weight is 338 g/mol. The van der Waals surface area contributed by atoms with Crippen LogP contribution in [-0.2, 0) is 11.2 Å². The number of methoxy groups -OCH3 is 1. The molecule has 0 amide bonds. The van der Waals surface area contributed by atoms with Gasteiger partial charge in [0.15, 0.2) is 11.5 Å². The monoisotopic (exact) mass is 338 g/mol. The van der Waals surface area contributed by atoms with E-state index in [4.69, 9.17) is 0 Å². The Morgan fingerprint density at radius 2 is 1.68 bits per heavy atom. The maximum absolute atomic E-state index is 11.4. The van der Waals surface area contributed by atoms with Crippen molar-refractivity contribution in [2.45, 2.75) is 20.3 Å². The predicted octanol–water partition coefficient (Wildman–Crippen LogP) is 4.56. The van der Waals surface area contributed by atoms with Crippen molar-refractivity contribution in [3.8, 4) is 11.5 Å². The molecule has 0 saturated heterocycles. The minimum Gasteiger partial charge on any atom is -0.504 e. The molecule has 0 unspecified atom stereocenters. The van der Waals surface area contributed by atoms with Crippen molar-refractivity contribution >= 4 is 18.1 Å². The van der Waals surface area contributed by atoms with E-state index >= 15 is 0 Å². The van der Waals surface area contributed by atoms with Gasteiger partial charge in [0.25, 0.3) is 0 Å². The summed E-state index contributed by atoms with van der Waals surface area (Å²) in [7, 11) is 1.35. The Hall–Kier alpha value is -3.01. The van der Waals surface area contributed by atoms with Gasteiger partial charge in [-0.05, 0) is 61.2 Å². The van der Waals surface area contributed by atoms with Crippen LogP contribution in [0.3, 0.4) is 0 Å². The van der Waals surface area contributed by atoms with E-state index < -0.39 is 0 Å². The van der Waals surface area contributed by atoms with Crippen LogP contribution >= 0.6 is 0 Å². The minimum absolute atomic E-state index is 0.128. The third-order valence-electron chi connectivity index (χ3n) is 3.75. The molecule has 0 heterocycles. The van der Waals surface area contributed by atoms with E-state index in [9.17, 15) is 15.0 Å². The number of carbonyl (C=O) groups excluding carboxylic acids is 1. The molecule has 2 aromatic rings. The van der Waals surface area contributed by atoms with Crippen LogP contribution in [0.5, 0.6) is 11.5 Å². The Morgan fingerprint density at radius 3 is 2.28 bits per heavy atom. The summed E-state index contributed by atoms with van der Waals surface area (Å²) in [5.41, 5.74) is 4.32. The lowest BCUT2D eigenvalue weighted by Gasteiger charge is -2.07. The van der Waals surface area contributed by atoms with Gasteiger partial charge < -0.3 is 14.9 Å². The van der Waals surface area contributed by atoms with Crippen molar-refractivity contribution in [2.75, 3.05) is 7.11 Å². The fourth-order valence-corrected chi connectivity index (χ4v) is 2.32. The maximum atomic E-state index is 11.4. The third kappa shape index (κ3) is 4.98. The van der Waals surface area contributed by atoms with Crippen molar-refractivity contribution in [1.82, 2.24) is 0 Å². The molecule has 4 nitrogen and oxygen atoms in total. The van der Waals surface area contributed by atoms with Gasteiger partial charge in [0, 0.05) is 0 Å². The van der Waals surface area contributed by atoms with E-state index in [-0.39, 0.29) is 17.5 Å². The lowest BCUT2D eigenvalue weighted by atomic mass is 10.0. The number of carbonyl (C=O) groups is 1. The first-order valence-corrected chi connectivity index (χ1v) is 7.95. The van der Waals surface area contributed by atoms with Crippen LogP contribution < -0.4 is 0 Å². The average Bonchev–Trinajstić information content (AvgIpc) is 2.60. The second kappa shape index (κ2) is 8.20. The first-order chi connectivity index (χ1) is 11.9. The number of esters is 1. The summed E-state index contributed by atoms with van der Waals surface area (Å²) in [6, 6.07) is 10.2. The van der Waals surface area contributed by atoms with Gasteiger partial charge in [0.05, 0.1) is 12.7 Å². The lowest BCUT2D eigenvalue weighted by molar-refractivity contribution is 0.0600. The van der Waals surface area contributed by atoms with E-state index in [1.165, 1.54) is 12.7 Å². The lowest BCUT2D eigenvalue weighted by Crippen LogP contribution is -2.00. The van der Waals surface area contributed by atoms with Crippen LogP contribution in [0.4, 0.5) is 0 Å². The smallest absolute Gasteiger partial charge is 0.337 e. The number of hydrogen-bond donors (Lipinski definition) is 2. The Morgan fingerprint density at radius 1 is 1.04 bits per heavy atom. The fraction of sp³-hybridized carbons (Fsp3) is 0.190. The van der Waals surface area contributed by atoms with Gasteiger partial charge in [-0.2, -0.15) is 0 Å². The van der Waals surface area contributed by atoms with Gasteiger partial charge in [-0.1, -0.05) is 35.9 Å². The summed E-state index contributed by atoms with van der Waals surface area (Å²) in [5, 5.41) is 19.5. The summed E-state index contributed by atoms with van der Waals surface area (Å²) in [5.74, 6) is -0.652. The van der Waals surface area contributed by atoms with Crippen LogP contribution in [0.15, 0.2) is 48.0 Å². The Balaban J connectivity index is 2.28. The molecule has 0 radical (unpaired) electrons. The standard InChI is InChI=1S/C21H22O4/c1-14(2)4-8-17-12-19(22)20(23)13-18(17)11-7-15-5-9-16(10-6-15)21(24)25-3/h4-7,9-13,22-23H,8H2,1-3H3. The molecule has 0 bridgehead atoms. The molecule has 2 N–H and O–H groups in total. The second-order valence-corrected chi connectivity index (χ2v) is 5.97. The van der Waals surface area contributed by atoms with Crippen LogP contribution in [-0.4, -0.2) is 23.3 Å². The molecule has 0 spiro atoms. The van der Waals surface area contributed by atoms with Crippen molar-refractivity contribution in [3.05, 3.63) is 70.3 Å². The molecule has 2 aromatic carbocycles. The Bertz CT molecular complexity index is 811. The summed E-state index contributed by atoms with van der Waals surface area (Å²) in [6.07, 6.45) is 6.49. The molecular formula is C21H22O4. The number of aromatic hydroxyl groups is 2. The van der Waals surface area contributed by atoms with Crippen LogP contribution in [0.1, 0.15) is 40.9 Å². The van der Waals surface area contributed by atoms with Crippen LogP contribution in [0, 0.1) is 0 Å². The quantitative estimate of drug-likeness (QED) is 0.363. The zero-order valence-corrected chi connectivity index (χ0v) is 14.6. The van der Waals surface area contributed by atoms with Gasteiger partial charge in [0.2, 0.25) is 0 Å². The molecule has 0 aromatic heterocycles. The van der Waals surface area contributed by atoms with Crippen molar-refractivity contribution in [2.24, 2.45) is 0 Å². The number of phenols is 2. The van der Waals surface area contributed by atoms with Crippen molar-refractivity contribution < 1.29 is 19.7 Å². The number of ether oxygens (including phenoxy) is 1. The van der Waals surface area contributed by atoms with Gasteiger partial charge in [-0.3, -0.25) is 0 Å². The van der Waals surface area contributed by atoms with Gasteiger partial charge in [-0.15, -0.1) is 0 Å². The molecule has 0 aliphatic heterocycles. The highest BCUT2D eigenvalue weighted by Gasteiger charge is 2.07. The number of phenolic OH excluding ortho intramolecular Hbond substituents is 2. The topological polar surface area (TPSA) is 66.8 Å². The molecule has 25 heavy (non-hydrogen) atoms. The minimum atomic E-state index is -0.372. The van der Waals surface area contributed by atoms with E-state index in [0.29, 0.717) is 12.0 Å². The molecular weight excluding hydrogens is 316 g/mol. The summed E-state index contributed by atoms with van der Waals surface area (Å²) >= 11 is 0. The predicted molar refractivity (Wildman–Crippen MR) is 99.6 cm³/mol. The number of allylic oxidation sites excluding steroid dienone is 2. The van der Waals surface area contributed by atoms with Crippen LogP contribution in [0.25, 0.3) is 12.2 Å². The highest BCUT2D eigenvalue weighted by atomic mass is 16.5. The highest BCUT2D eigenvalue weighted by Crippen LogP contribution is 2.30. The summed E-state index contributed by atoms with van der Waals surface area (Å²) in [6.45, 7) is 4.03. The SMILES string of the molecule is COC(=O)c1ccc(C=Cc2cc(O)c(O)cc2CC=C(C)C)cc1. The molecule has 0 fully saturated rings. The normalized spacial score (nSPS) is 10.7. The molecule has 0 aliphatic carbocycles. The number of rotatable bonds is 5. The number of hydrogen-bond acceptors (Lipinski definition) is 4. The molecule has 0 aliphatic rings. The van der Waals surface area contributed by atoms with Gasteiger partial charge in [-0.25, -0.2) is 4.79 Å². The second-order valence-electron chi connectivity index (χ2n) is 5.97. The third-order valence-corrected chi connectivity index (χ3v) is 3.75. The Kier molecular flexibility index (Phi) is 6.01. The fourth-order valence-electron chi connectivity index (χ4n) is 2.32. The zero-order valence-electron chi connectivity index (χ0n) is 14.6. The number of benzene rings is 2. The van der Waals surface area contributed by atoms with E-state index in [1.807, 2.05) is 38.1 Å². The zero-order chi connectivity index (χ0) is 18.4. The molecule has 0 saturated carbocycles. The molecule has 4 heteroatoms. The Labute approximate surface area is 147 Å². The summed E-state index contributed by atoms with van der Waals surface area (Å²) < 4.78 is 4.68. The molecule has 0 atom stereocenters. The van der Waals surface area contributed by atoms with E-state index in [0.717, 1.165) is 16.7 Å². The van der Waals surface area contributed by atoms with Gasteiger partial charge >= 0.3 is 5.97 Å². The molecule has 2 rings (SSSR count).